The van der Waals surface area contributed by atoms with E-state index >= 15 is 0 Å². The Hall–Kier alpha value is -1.15. The first-order valence-electron chi connectivity index (χ1n) is 7.92. The Morgan fingerprint density at radius 3 is 2.46 bits per heavy atom. The summed E-state index contributed by atoms with van der Waals surface area (Å²) in [6.07, 6.45) is 0. The number of hydrogen-bond acceptors (Lipinski definition) is 4. The second kappa shape index (κ2) is 7.82. The third-order valence-corrected chi connectivity index (χ3v) is 6.52. The average Bonchev–Trinajstić information content (AvgIpc) is 2.55. The molecule has 2 rings (SSSR count). The maximum Gasteiger partial charge on any atom is 0.251 e. The molecule has 0 aromatic heterocycles. The van der Waals surface area contributed by atoms with Gasteiger partial charge in [-0.15, -0.1) is 0 Å². The zero-order valence-corrected chi connectivity index (χ0v) is 15.7. The van der Waals surface area contributed by atoms with Gasteiger partial charge in [0.15, 0.2) is 0 Å². The first kappa shape index (κ1) is 19.2. The lowest BCUT2D eigenvalue weighted by Crippen LogP contribution is -2.41. The lowest BCUT2D eigenvalue weighted by atomic mass is 10.1. The predicted molar refractivity (Wildman–Crippen MR) is 92.8 cm³/mol. The van der Waals surface area contributed by atoms with Crippen molar-refractivity contribution in [2.45, 2.75) is 31.7 Å². The second-order valence-corrected chi connectivity index (χ2v) is 8.48. The van der Waals surface area contributed by atoms with Crippen molar-refractivity contribution in [3.63, 3.8) is 0 Å². The Labute approximate surface area is 148 Å². The fourth-order valence-corrected chi connectivity index (χ4v) is 4.13. The Morgan fingerprint density at radius 1 is 1.25 bits per heavy atom. The van der Waals surface area contributed by atoms with Crippen molar-refractivity contribution in [2.75, 3.05) is 26.3 Å². The third kappa shape index (κ3) is 4.27. The van der Waals surface area contributed by atoms with E-state index in [2.05, 4.69) is 5.32 Å². The minimum absolute atomic E-state index is 0.0209. The van der Waals surface area contributed by atoms with Gasteiger partial charge in [-0.3, -0.25) is 4.79 Å². The highest BCUT2D eigenvalue weighted by atomic mass is 35.5. The highest BCUT2D eigenvalue weighted by molar-refractivity contribution is 7.89. The zero-order valence-electron chi connectivity index (χ0n) is 14.1. The van der Waals surface area contributed by atoms with Crippen molar-refractivity contribution in [1.82, 2.24) is 9.62 Å². The van der Waals surface area contributed by atoms with E-state index in [1.165, 1.54) is 22.5 Å². The standard InChI is InChI=1S/C16H23ClN2O4S/c1-11(2)12(3)18-16(20)13-4-5-14(17)15(10-13)24(21,22)19-6-8-23-9-7-19/h4-5,10-12H,6-9H2,1-3H3,(H,18,20)/t12-/m0/s1. The summed E-state index contributed by atoms with van der Waals surface area (Å²) < 4.78 is 32.1. The maximum atomic E-state index is 12.8. The van der Waals surface area contributed by atoms with E-state index in [0.717, 1.165) is 0 Å². The zero-order chi connectivity index (χ0) is 17.9. The number of hydrogen-bond donors (Lipinski definition) is 1. The molecule has 1 saturated heterocycles. The smallest absolute Gasteiger partial charge is 0.251 e. The van der Waals surface area contributed by atoms with Gasteiger partial charge in [-0.1, -0.05) is 25.4 Å². The van der Waals surface area contributed by atoms with Crippen LogP contribution in [0.4, 0.5) is 0 Å². The number of ether oxygens (including phenoxy) is 1. The molecule has 1 aromatic carbocycles. The Morgan fingerprint density at radius 2 is 1.88 bits per heavy atom. The molecule has 6 nitrogen and oxygen atoms in total. The quantitative estimate of drug-likeness (QED) is 0.856. The fourth-order valence-electron chi connectivity index (χ4n) is 2.23. The number of nitrogens with zero attached hydrogens (tertiary/aromatic N) is 1. The molecule has 8 heteroatoms. The number of benzene rings is 1. The van der Waals surface area contributed by atoms with Crippen LogP contribution in [0.25, 0.3) is 0 Å². The van der Waals surface area contributed by atoms with Crippen LogP contribution in [-0.2, 0) is 14.8 Å². The number of carbonyl (C=O) groups excluding carboxylic acids is 1. The Bertz CT molecular complexity index is 700. The third-order valence-electron chi connectivity index (χ3n) is 4.14. The molecule has 0 bridgehead atoms. The fraction of sp³-hybridized carbons (Fsp3) is 0.562. The minimum Gasteiger partial charge on any atom is -0.379 e. The number of carbonyl (C=O) groups is 1. The van der Waals surface area contributed by atoms with Crippen LogP contribution >= 0.6 is 11.6 Å². The van der Waals surface area contributed by atoms with Crippen LogP contribution < -0.4 is 5.32 Å². The summed E-state index contributed by atoms with van der Waals surface area (Å²) in [5, 5.41) is 2.97. The molecule has 1 aromatic rings. The summed E-state index contributed by atoms with van der Waals surface area (Å²) in [5.41, 5.74) is 0.277. The van der Waals surface area contributed by atoms with E-state index in [9.17, 15) is 13.2 Å². The van der Waals surface area contributed by atoms with Gasteiger partial charge in [0.25, 0.3) is 5.91 Å². The molecule has 1 heterocycles. The number of rotatable bonds is 5. The van der Waals surface area contributed by atoms with Crippen molar-refractivity contribution < 1.29 is 17.9 Å². The van der Waals surface area contributed by atoms with Gasteiger partial charge < -0.3 is 10.1 Å². The molecule has 24 heavy (non-hydrogen) atoms. The minimum atomic E-state index is -3.75. The average molecular weight is 375 g/mol. The normalized spacial score (nSPS) is 17.7. The van der Waals surface area contributed by atoms with Crippen LogP contribution in [0.1, 0.15) is 31.1 Å². The summed E-state index contributed by atoms with van der Waals surface area (Å²) in [5.74, 6) is -0.0379. The molecule has 0 radical (unpaired) electrons. The second-order valence-electron chi connectivity index (χ2n) is 6.17. The van der Waals surface area contributed by atoms with E-state index in [1.54, 1.807) is 0 Å². The highest BCUT2D eigenvalue weighted by Crippen LogP contribution is 2.26. The Kier molecular flexibility index (Phi) is 6.25. The van der Waals surface area contributed by atoms with Crippen LogP contribution in [0.5, 0.6) is 0 Å². The molecular formula is C16H23ClN2O4S. The molecule has 1 aliphatic heterocycles. The summed E-state index contributed by atoms with van der Waals surface area (Å²) in [7, 11) is -3.75. The molecule has 1 aliphatic rings. The summed E-state index contributed by atoms with van der Waals surface area (Å²) in [6.45, 7) is 7.16. The summed E-state index contributed by atoms with van der Waals surface area (Å²) in [6, 6.07) is 4.30. The molecule has 0 unspecified atom stereocenters. The molecule has 134 valence electrons. The van der Waals surface area contributed by atoms with Crippen LogP contribution in [0.2, 0.25) is 5.02 Å². The molecule has 1 atom stereocenters. The maximum absolute atomic E-state index is 12.8. The van der Waals surface area contributed by atoms with E-state index in [-0.39, 0.29) is 46.4 Å². The van der Waals surface area contributed by atoms with E-state index in [1.807, 2.05) is 20.8 Å². The van der Waals surface area contributed by atoms with Gasteiger partial charge in [0.2, 0.25) is 10.0 Å². The van der Waals surface area contributed by atoms with Gasteiger partial charge >= 0.3 is 0 Å². The summed E-state index contributed by atoms with van der Waals surface area (Å²) >= 11 is 6.09. The van der Waals surface area contributed by atoms with Gasteiger partial charge in [-0.2, -0.15) is 4.31 Å². The van der Waals surface area contributed by atoms with Crippen LogP contribution in [0.3, 0.4) is 0 Å². The summed E-state index contributed by atoms with van der Waals surface area (Å²) in [4.78, 5) is 12.3. The molecule has 0 aliphatic carbocycles. The number of morpholine rings is 1. The number of sulfonamides is 1. The van der Waals surface area contributed by atoms with Gasteiger partial charge in [0.05, 0.1) is 18.2 Å². The number of halogens is 1. The van der Waals surface area contributed by atoms with Gasteiger partial charge in [-0.25, -0.2) is 8.42 Å². The highest BCUT2D eigenvalue weighted by Gasteiger charge is 2.29. The van der Waals surface area contributed by atoms with Crippen molar-refractivity contribution in [3.05, 3.63) is 28.8 Å². The first-order valence-corrected chi connectivity index (χ1v) is 9.73. The SMILES string of the molecule is CC(C)[C@H](C)NC(=O)c1ccc(Cl)c(S(=O)(=O)N2CCOCC2)c1. The van der Waals surface area contributed by atoms with E-state index < -0.39 is 10.0 Å². The van der Waals surface area contributed by atoms with Crippen LogP contribution in [-0.4, -0.2) is 51.0 Å². The lowest BCUT2D eigenvalue weighted by Gasteiger charge is -2.26. The first-order chi connectivity index (χ1) is 11.2. The van der Waals surface area contributed by atoms with Crippen molar-refractivity contribution >= 4 is 27.5 Å². The van der Waals surface area contributed by atoms with Crippen molar-refractivity contribution in [1.29, 1.82) is 0 Å². The lowest BCUT2D eigenvalue weighted by molar-refractivity contribution is 0.0730. The topological polar surface area (TPSA) is 75.7 Å². The molecular weight excluding hydrogens is 352 g/mol. The number of amides is 1. The van der Waals surface area contributed by atoms with Crippen LogP contribution in [0, 0.1) is 5.92 Å². The molecule has 0 saturated carbocycles. The molecule has 0 spiro atoms. The number of nitrogens with one attached hydrogen (secondary N) is 1. The van der Waals surface area contributed by atoms with Crippen LogP contribution in [0.15, 0.2) is 23.1 Å². The van der Waals surface area contributed by atoms with Gasteiger partial charge in [0, 0.05) is 24.7 Å². The van der Waals surface area contributed by atoms with E-state index in [4.69, 9.17) is 16.3 Å². The largest absolute Gasteiger partial charge is 0.379 e. The van der Waals surface area contributed by atoms with Gasteiger partial charge in [0.1, 0.15) is 4.90 Å². The monoisotopic (exact) mass is 374 g/mol. The van der Waals surface area contributed by atoms with Crippen molar-refractivity contribution in [3.8, 4) is 0 Å². The van der Waals surface area contributed by atoms with Gasteiger partial charge in [-0.05, 0) is 31.0 Å². The predicted octanol–water partition coefficient (Wildman–Crippen LogP) is 2.14. The molecule has 1 fully saturated rings. The van der Waals surface area contributed by atoms with Crippen molar-refractivity contribution in [2.24, 2.45) is 5.92 Å². The Balaban J connectivity index is 2.29. The molecule has 1 amide bonds. The molecule has 1 N–H and O–H groups in total. The van der Waals surface area contributed by atoms with E-state index in [0.29, 0.717) is 13.2 Å².